The Hall–Kier alpha value is -1.66. The quantitative estimate of drug-likeness (QED) is 0.482. The first-order chi connectivity index (χ1) is 10.9. The largest absolute Gasteiger partial charge is 0.490 e. The van der Waals surface area contributed by atoms with Gasteiger partial charge < -0.3 is 15.2 Å². The summed E-state index contributed by atoms with van der Waals surface area (Å²) in [6.45, 7) is 7.31. The van der Waals surface area contributed by atoms with Crippen LogP contribution in [0.4, 0.5) is 5.69 Å². The summed E-state index contributed by atoms with van der Waals surface area (Å²) in [6, 6.07) is 6.47. The molecule has 0 unspecified atom stereocenters. The number of aliphatic hydroxyl groups is 1. The normalized spacial score (nSPS) is 13.8. The van der Waals surface area contributed by atoms with E-state index in [4.69, 9.17) is 4.74 Å². The minimum atomic E-state index is -0.596. The zero-order chi connectivity index (χ0) is 17.2. The molecule has 1 rings (SSSR count). The maximum absolute atomic E-state index is 10.7. The molecule has 6 heteroatoms. The molecule has 6 nitrogen and oxygen atoms in total. The Morgan fingerprint density at radius 2 is 2.04 bits per heavy atom. The molecule has 130 valence electrons. The van der Waals surface area contributed by atoms with Gasteiger partial charge in [-0.25, -0.2) is 0 Å². The topological polar surface area (TPSA) is 89.2 Å². The molecule has 23 heavy (non-hydrogen) atoms. The first-order valence-electron chi connectivity index (χ1n) is 8.27. The van der Waals surface area contributed by atoms with E-state index >= 15 is 0 Å². The minimum Gasteiger partial charge on any atom is -0.490 e. The van der Waals surface area contributed by atoms with Crippen molar-refractivity contribution in [1.82, 2.24) is 0 Å². The predicted octanol–water partition coefficient (Wildman–Crippen LogP) is 2.11. The number of benzene rings is 1. The monoisotopic (exact) mass is 325 g/mol. The summed E-state index contributed by atoms with van der Waals surface area (Å²) in [5.41, 5.74) is -0.0117. The van der Waals surface area contributed by atoms with Gasteiger partial charge >= 0.3 is 0 Å². The van der Waals surface area contributed by atoms with E-state index in [1.807, 2.05) is 0 Å². The van der Waals surface area contributed by atoms with Crippen LogP contribution in [0.3, 0.4) is 0 Å². The van der Waals surface area contributed by atoms with Crippen LogP contribution in [0.2, 0.25) is 0 Å². The van der Waals surface area contributed by atoms with Crippen LogP contribution in [0.5, 0.6) is 5.75 Å². The number of nitrogens with zero attached hydrogens (tertiary/aromatic N) is 1. The number of nitro benzene ring substituents is 1. The molecule has 0 aromatic heterocycles. The molecule has 0 fully saturated rings. The van der Waals surface area contributed by atoms with Crippen LogP contribution in [0.15, 0.2) is 24.3 Å². The number of nitrogens with two attached hydrogens (primary N) is 1. The maximum atomic E-state index is 10.7. The van der Waals surface area contributed by atoms with Crippen molar-refractivity contribution in [3.8, 4) is 5.75 Å². The Balaban J connectivity index is 2.25. The Morgan fingerprint density at radius 1 is 1.30 bits per heavy atom. The Kier molecular flexibility index (Phi) is 8.58. The lowest BCUT2D eigenvalue weighted by molar-refractivity contribution is -0.692. The predicted molar refractivity (Wildman–Crippen MR) is 89.5 cm³/mol. The first-order valence-corrected chi connectivity index (χ1v) is 8.27. The standard InChI is InChI=1S/C17H28N2O4/c1-13(2)6-4-7-14(3)18-11-16(20)12-23-17-9-5-8-15(10-17)19(21)22/h5,8-10,13-14,16,18,20H,4,6-7,11-12H2,1-3H3/p+1/t14-,16-/m0/s1. The van der Waals surface area contributed by atoms with E-state index in [1.165, 1.54) is 25.0 Å². The summed E-state index contributed by atoms with van der Waals surface area (Å²) in [4.78, 5) is 10.2. The average Bonchev–Trinajstić information content (AvgIpc) is 2.50. The van der Waals surface area contributed by atoms with Gasteiger partial charge in [-0.15, -0.1) is 0 Å². The summed E-state index contributed by atoms with van der Waals surface area (Å²) in [6.07, 6.45) is 2.98. The van der Waals surface area contributed by atoms with Gasteiger partial charge in [0.15, 0.2) is 0 Å². The zero-order valence-corrected chi connectivity index (χ0v) is 14.3. The van der Waals surface area contributed by atoms with E-state index in [2.05, 4.69) is 26.1 Å². The summed E-state index contributed by atoms with van der Waals surface area (Å²) in [5, 5.41) is 22.8. The number of rotatable bonds is 11. The summed E-state index contributed by atoms with van der Waals surface area (Å²) in [7, 11) is 0. The van der Waals surface area contributed by atoms with Gasteiger partial charge in [0.2, 0.25) is 0 Å². The van der Waals surface area contributed by atoms with Gasteiger partial charge in [-0.05, 0) is 31.7 Å². The Labute approximate surface area is 138 Å². The highest BCUT2D eigenvalue weighted by molar-refractivity contribution is 5.37. The fourth-order valence-electron chi connectivity index (χ4n) is 2.30. The van der Waals surface area contributed by atoms with Crippen LogP contribution < -0.4 is 10.1 Å². The molecule has 0 heterocycles. The molecule has 0 saturated heterocycles. The minimum absolute atomic E-state index is 0.0117. The number of aliphatic hydroxyl groups excluding tert-OH is 1. The van der Waals surface area contributed by atoms with Crippen LogP contribution in [0, 0.1) is 16.0 Å². The molecule has 0 radical (unpaired) electrons. The van der Waals surface area contributed by atoms with Crippen molar-refractivity contribution in [1.29, 1.82) is 0 Å². The van der Waals surface area contributed by atoms with Crippen molar-refractivity contribution in [2.45, 2.75) is 52.2 Å². The lowest BCUT2D eigenvalue weighted by atomic mass is 10.0. The third kappa shape index (κ3) is 8.52. The van der Waals surface area contributed by atoms with E-state index in [1.54, 1.807) is 12.1 Å². The fraction of sp³-hybridized carbons (Fsp3) is 0.647. The molecule has 2 atom stereocenters. The van der Waals surface area contributed by atoms with Gasteiger partial charge in [0.25, 0.3) is 5.69 Å². The van der Waals surface area contributed by atoms with Crippen molar-refractivity contribution in [2.24, 2.45) is 5.92 Å². The van der Waals surface area contributed by atoms with E-state index in [9.17, 15) is 15.2 Å². The third-order valence-corrected chi connectivity index (χ3v) is 3.72. The second-order valence-electron chi connectivity index (χ2n) is 6.49. The number of hydrogen-bond donors (Lipinski definition) is 2. The molecule has 0 saturated carbocycles. The van der Waals surface area contributed by atoms with Crippen molar-refractivity contribution >= 4 is 5.69 Å². The fourth-order valence-corrected chi connectivity index (χ4v) is 2.30. The van der Waals surface area contributed by atoms with Crippen LogP contribution in [-0.4, -0.2) is 35.3 Å². The van der Waals surface area contributed by atoms with Crippen LogP contribution >= 0.6 is 0 Å². The second-order valence-corrected chi connectivity index (χ2v) is 6.49. The number of non-ortho nitro benzene ring substituents is 1. The molecule has 0 spiro atoms. The van der Waals surface area contributed by atoms with Crippen LogP contribution in [0.25, 0.3) is 0 Å². The third-order valence-electron chi connectivity index (χ3n) is 3.72. The molecular formula is C17H29N2O4+. The highest BCUT2D eigenvalue weighted by Gasteiger charge is 2.12. The smallest absolute Gasteiger partial charge is 0.273 e. The number of nitro groups is 1. The molecule has 0 aliphatic carbocycles. The van der Waals surface area contributed by atoms with Crippen molar-refractivity contribution in [2.75, 3.05) is 13.2 Å². The molecule has 0 bridgehead atoms. The van der Waals surface area contributed by atoms with E-state index < -0.39 is 11.0 Å². The van der Waals surface area contributed by atoms with Crippen LogP contribution in [-0.2, 0) is 0 Å². The molecule has 3 N–H and O–H groups in total. The SMILES string of the molecule is CC(C)CCC[C@H](C)[NH2+]C[C@H](O)COc1cccc([N+](=O)[O-])c1. The lowest BCUT2D eigenvalue weighted by Gasteiger charge is -2.15. The molecule has 1 aromatic carbocycles. The molecule has 1 aromatic rings. The van der Waals surface area contributed by atoms with Crippen LogP contribution in [0.1, 0.15) is 40.0 Å². The van der Waals surface area contributed by atoms with Gasteiger partial charge in [-0.2, -0.15) is 0 Å². The average molecular weight is 325 g/mol. The number of hydrogen-bond acceptors (Lipinski definition) is 4. The van der Waals surface area contributed by atoms with Gasteiger partial charge in [0.05, 0.1) is 17.0 Å². The summed E-state index contributed by atoms with van der Waals surface area (Å²) < 4.78 is 5.43. The van der Waals surface area contributed by atoms with Crippen molar-refractivity contribution < 1.29 is 20.1 Å². The van der Waals surface area contributed by atoms with Gasteiger partial charge in [-0.3, -0.25) is 10.1 Å². The highest BCUT2D eigenvalue weighted by atomic mass is 16.6. The first kappa shape index (κ1) is 19.4. The van der Waals surface area contributed by atoms with Gasteiger partial charge in [0, 0.05) is 6.07 Å². The molecular weight excluding hydrogens is 296 g/mol. The Morgan fingerprint density at radius 3 is 2.70 bits per heavy atom. The number of ether oxygens (including phenoxy) is 1. The van der Waals surface area contributed by atoms with Gasteiger partial charge in [-0.1, -0.05) is 26.3 Å². The molecule has 0 aliphatic rings. The Bertz CT molecular complexity index is 479. The highest BCUT2D eigenvalue weighted by Crippen LogP contribution is 2.19. The van der Waals surface area contributed by atoms with Crippen molar-refractivity contribution in [3.05, 3.63) is 34.4 Å². The molecule has 0 amide bonds. The summed E-state index contributed by atoms with van der Waals surface area (Å²) >= 11 is 0. The number of quaternary nitrogens is 1. The second kappa shape index (κ2) is 10.2. The lowest BCUT2D eigenvalue weighted by Crippen LogP contribution is -2.91. The van der Waals surface area contributed by atoms with E-state index in [0.717, 1.165) is 12.3 Å². The van der Waals surface area contributed by atoms with Gasteiger partial charge in [0.1, 0.15) is 25.0 Å². The van der Waals surface area contributed by atoms with E-state index in [-0.39, 0.29) is 12.3 Å². The molecule has 0 aliphatic heterocycles. The zero-order valence-electron chi connectivity index (χ0n) is 14.3. The maximum Gasteiger partial charge on any atom is 0.273 e. The summed E-state index contributed by atoms with van der Waals surface area (Å²) in [5.74, 6) is 1.14. The van der Waals surface area contributed by atoms with Crippen molar-refractivity contribution in [3.63, 3.8) is 0 Å². The van der Waals surface area contributed by atoms with E-state index in [0.29, 0.717) is 18.3 Å².